The van der Waals surface area contributed by atoms with Gasteiger partial charge in [0, 0.05) is 5.56 Å². The van der Waals surface area contributed by atoms with E-state index in [0.717, 1.165) is 0 Å². The molecule has 3 rings (SSSR count). The van der Waals surface area contributed by atoms with Crippen molar-refractivity contribution in [1.29, 1.82) is 5.26 Å². The van der Waals surface area contributed by atoms with Gasteiger partial charge in [0.15, 0.2) is 11.5 Å². The Balaban J connectivity index is 1.83. The van der Waals surface area contributed by atoms with Gasteiger partial charge in [-0.3, -0.25) is 4.79 Å². The summed E-state index contributed by atoms with van der Waals surface area (Å²) in [5.41, 5.74) is 1.32. The number of methoxy groups -OCH3 is 2. The SMILES string of the molecule is COc1ccc(C(=O)Oc2ccc(/C=C(\C#N)C(=O)c3ccccc3)cc2OC)cc1. The van der Waals surface area contributed by atoms with Crippen molar-refractivity contribution in [3.63, 3.8) is 0 Å². The average molecular weight is 413 g/mol. The van der Waals surface area contributed by atoms with Gasteiger partial charge in [-0.1, -0.05) is 36.4 Å². The van der Waals surface area contributed by atoms with Crippen molar-refractivity contribution >= 4 is 17.8 Å². The lowest BCUT2D eigenvalue weighted by Crippen LogP contribution is -2.09. The van der Waals surface area contributed by atoms with Gasteiger partial charge in [0.25, 0.3) is 0 Å². The Morgan fingerprint density at radius 2 is 1.55 bits per heavy atom. The molecule has 3 aromatic carbocycles. The fourth-order valence-corrected chi connectivity index (χ4v) is 2.80. The van der Waals surface area contributed by atoms with Gasteiger partial charge in [0.1, 0.15) is 17.4 Å². The van der Waals surface area contributed by atoms with Gasteiger partial charge in [0.05, 0.1) is 19.8 Å². The van der Waals surface area contributed by atoms with E-state index < -0.39 is 5.97 Å². The maximum atomic E-state index is 12.5. The zero-order valence-corrected chi connectivity index (χ0v) is 17.0. The third-order valence-corrected chi connectivity index (χ3v) is 4.43. The van der Waals surface area contributed by atoms with Crippen molar-refractivity contribution in [2.75, 3.05) is 14.2 Å². The smallest absolute Gasteiger partial charge is 0.343 e. The topological polar surface area (TPSA) is 85.6 Å². The number of Topliss-reactive ketones (excluding diaryl/α,β-unsaturated/α-hetero) is 1. The summed E-state index contributed by atoms with van der Waals surface area (Å²) in [6.45, 7) is 0. The van der Waals surface area contributed by atoms with Gasteiger partial charge in [-0.15, -0.1) is 0 Å². The largest absolute Gasteiger partial charge is 0.497 e. The molecule has 0 spiro atoms. The second kappa shape index (κ2) is 9.90. The molecule has 0 aromatic heterocycles. The van der Waals surface area contributed by atoms with E-state index in [0.29, 0.717) is 28.2 Å². The van der Waals surface area contributed by atoms with E-state index >= 15 is 0 Å². The maximum absolute atomic E-state index is 12.5. The molecular weight excluding hydrogens is 394 g/mol. The van der Waals surface area contributed by atoms with Crippen LogP contribution in [0.2, 0.25) is 0 Å². The molecule has 0 bridgehead atoms. The summed E-state index contributed by atoms with van der Waals surface area (Å²) in [4.78, 5) is 25.0. The highest BCUT2D eigenvalue weighted by molar-refractivity contribution is 6.14. The summed E-state index contributed by atoms with van der Waals surface area (Å²) in [5, 5.41) is 9.43. The van der Waals surface area contributed by atoms with Crippen molar-refractivity contribution in [3.05, 3.63) is 95.1 Å². The predicted octanol–water partition coefficient (Wildman–Crippen LogP) is 4.71. The molecule has 0 N–H and O–H groups in total. The van der Waals surface area contributed by atoms with Crippen molar-refractivity contribution in [2.45, 2.75) is 0 Å². The molecule has 0 aliphatic heterocycles. The van der Waals surface area contributed by atoms with Crippen LogP contribution < -0.4 is 14.2 Å². The first kappa shape index (κ1) is 21.3. The molecule has 0 radical (unpaired) electrons. The number of hydrogen-bond acceptors (Lipinski definition) is 6. The van der Waals surface area contributed by atoms with Gasteiger partial charge in [-0.05, 0) is 48.0 Å². The molecule has 3 aromatic rings. The van der Waals surface area contributed by atoms with Crippen LogP contribution >= 0.6 is 0 Å². The zero-order valence-electron chi connectivity index (χ0n) is 17.0. The molecular formula is C25H19NO5. The second-order valence-electron chi connectivity index (χ2n) is 6.39. The van der Waals surface area contributed by atoms with E-state index in [9.17, 15) is 14.9 Å². The Labute approximate surface area is 179 Å². The number of benzene rings is 3. The van der Waals surface area contributed by atoms with Gasteiger partial charge < -0.3 is 14.2 Å². The van der Waals surface area contributed by atoms with Crippen LogP contribution in [-0.4, -0.2) is 26.0 Å². The number of esters is 1. The molecule has 0 amide bonds. The van der Waals surface area contributed by atoms with E-state index in [1.54, 1.807) is 79.9 Å². The van der Waals surface area contributed by atoms with Crippen molar-refractivity contribution in [1.82, 2.24) is 0 Å². The number of ketones is 1. The third-order valence-electron chi connectivity index (χ3n) is 4.43. The Morgan fingerprint density at radius 3 is 2.16 bits per heavy atom. The van der Waals surface area contributed by atoms with Crippen LogP contribution in [0.3, 0.4) is 0 Å². The lowest BCUT2D eigenvalue weighted by molar-refractivity contribution is 0.0729. The minimum atomic E-state index is -0.554. The van der Waals surface area contributed by atoms with E-state index in [1.165, 1.54) is 13.2 Å². The Kier molecular flexibility index (Phi) is 6.82. The summed E-state index contributed by atoms with van der Waals surface area (Å²) in [6.07, 6.45) is 1.47. The fraction of sp³-hybridized carbons (Fsp3) is 0.0800. The maximum Gasteiger partial charge on any atom is 0.343 e. The van der Waals surface area contributed by atoms with Gasteiger partial charge in [-0.2, -0.15) is 5.26 Å². The molecule has 0 fully saturated rings. The number of rotatable bonds is 7. The number of nitrogens with zero attached hydrogens (tertiary/aromatic N) is 1. The first-order valence-electron chi connectivity index (χ1n) is 9.31. The summed E-state index contributed by atoms with van der Waals surface area (Å²) < 4.78 is 15.8. The summed E-state index contributed by atoms with van der Waals surface area (Å²) in [6, 6.07) is 21.8. The Bertz CT molecular complexity index is 1160. The zero-order chi connectivity index (χ0) is 22.2. The van der Waals surface area contributed by atoms with Crippen molar-refractivity contribution in [3.8, 4) is 23.3 Å². The number of carbonyl (C=O) groups is 2. The minimum absolute atomic E-state index is 0.0174. The molecule has 0 atom stereocenters. The average Bonchev–Trinajstić information content (AvgIpc) is 2.83. The number of carbonyl (C=O) groups excluding carboxylic acids is 2. The van der Waals surface area contributed by atoms with Crippen LogP contribution in [0.1, 0.15) is 26.3 Å². The molecule has 0 unspecified atom stereocenters. The standard InChI is InChI=1S/C25H19NO5/c1-29-21-11-9-19(10-12-21)25(28)31-22-13-8-17(15-23(22)30-2)14-20(16-26)24(27)18-6-4-3-5-7-18/h3-15H,1-2H3/b20-14+. The minimum Gasteiger partial charge on any atom is -0.497 e. The summed E-state index contributed by atoms with van der Waals surface area (Å²) >= 11 is 0. The Hall–Kier alpha value is -4.37. The fourth-order valence-electron chi connectivity index (χ4n) is 2.80. The summed E-state index contributed by atoms with van der Waals surface area (Å²) in [7, 11) is 2.98. The molecule has 0 saturated carbocycles. The van der Waals surface area contributed by atoms with Gasteiger partial charge in [-0.25, -0.2) is 4.79 Å². The highest BCUT2D eigenvalue weighted by atomic mass is 16.6. The van der Waals surface area contributed by atoms with Crippen LogP contribution in [0.15, 0.2) is 78.4 Å². The van der Waals surface area contributed by atoms with E-state index in [-0.39, 0.29) is 17.1 Å². The first-order chi connectivity index (χ1) is 15.0. The van der Waals surface area contributed by atoms with E-state index in [2.05, 4.69) is 0 Å². The second-order valence-corrected chi connectivity index (χ2v) is 6.39. The van der Waals surface area contributed by atoms with E-state index in [4.69, 9.17) is 14.2 Å². The highest BCUT2D eigenvalue weighted by Crippen LogP contribution is 2.30. The number of allylic oxidation sites excluding steroid dienone is 1. The third kappa shape index (κ3) is 5.17. The molecule has 154 valence electrons. The highest BCUT2D eigenvalue weighted by Gasteiger charge is 2.15. The predicted molar refractivity (Wildman–Crippen MR) is 115 cm³/mol. The quantitative estimate of drug-likeness (QED) is 0.183. The number of hydrogen-bond donors (Lipinski definition) is 0. The number of ether oxygens (including phenoxy) is 3. The molecule has 0 heterocycles. The van der Waals surface area contributed by atoms with Gasteiger partial charge in [0.2, 0.25) is 5.78 Å². The Morgan fingerprint density at radius 1 is 0.839 bits per heavy atom. The molecule has 31 heavy (non-hydrogen) atoms. The number of nitriles is 1. The monoisotopic (exact) mass is 413 g/mol. The van der Waals surface area contributed by atoms with Crippen molar-refractivity contribution in [2.24, 2.45) is 0 Å². The first-order valence-corrected chi connectivity index (χ1v) is 9.31. The molecule has 0 aliphatic carbocycles. The summed E-state index contributed by atoms with van der Waals surface area (Å²) in [5.74, 6) is 0.204. The van der Waals surface area contributed by atoms with Crippen LogP contribution in [-0.2, 0) is 0 Å². The van der Waals surface area contributed by atoms with E-state index in [1.807, 2.05) is 6.07 Å². The van der Waals surface area contributed by atoms with Gasteiger partial charge >= 0.3 is 5.97 Å². The van der Waals surface area contributed by atoms with Crippen LogP contribution in [0.4, 0.5) is 0 Å². The molecule has 6 heteroatoms. The van der Waals surface area contributed by atoms with Crippen LogP contribution in [0.5, 0.6) is 17.2 Å². The van der Waals surface area contributed by atoms with Crippen molar-refractivity contribution < 1.29 is 23.8 Å². The molecule has 0 saturated heterocycles. The lowest BCUT2D eigenvalue weighted by atomic mass is 10.0. The lowest BCUT2D eigenvalue weighted by Gasteiger charge is -2.10. The van der Waals surface area contributed by atoms with Crippen LogP contribution in [0, 0.1) is 11.3 Å². The normalized spacial score (nSPS) is 10.7. The molecule has 6 nitrogen and oxygen atoms in total. The molecule has 0 aliphatic rings. The van der Waals surface area contributed by atoms with Crippen LogP contribution in [0.25, 0.3) is 6.08 Å².